The first-order valence-corrected chi connectivity index (χ1v) is 7.80. The molecule has 1 amide bonds. The minimum Gasteiger partial charge on any atom is -0.462 e. The van der Waals surface area contributed by atoms with Gasteiger partial charge in [-0.15, -0.1) is 11.3 Å². The Balaban J connectivity index is 2.08. The van der Waals surface area contributed by atoms with Crippen LogP contribution in [-0.2, 0) is 16.0 Å². The molecule has 0 bridgehead atoms. The summed E-state index contributed by atoms with van der Waals surface area (Å²) in [7, 11) is 0. The van der Waals surface area contributed by atoms with Gasteiger partial charge in [0.05, 0.1) is 18.6 Å². The van der Waals surface area contributed by atoms with Crippen LogP contribution in [0.25, 0.3) is 0 Å². The van der Waals surface area contributed by atoms with Gasteiger partial charge in [-0.05, 0) is 38.5 Å². The van der Waals surface area contributed by atoms with Gasteiger partial charge >= 0.3 is 5.97 Å². The number of rotatable bonds is 5. The molecule has 0 aromatic carbocycles. The molecule has 22 heavy (non-hydrogen) atoms. The number of carbonyl (C=O) groups excluding carboxylic acids is 2. The monoisotopic (exact) mass is 318 g/mol. The van der Waals surface area contributed by atoms with Gasteiger partial charge in [0.1, 0.15) is 5.00 Å². The first-order valence-electron chi connectivity index (χ1n) is 6.98. The van der Waals surface area contributed by atoms with Gasteiger partial charge < -0.3 is 10.1 Å². The quantitative estimate of drug-likeness (QED) is 0.860. The summed E-state index contributed by atoms with van der Waals surface area (Å²) in [6, 6.07) is 5.46. The molecule has 0 aliphatic rings. The molecule has 2 aromatic heterocycles. The number of pyridine rings is 1. The van der Waals surface area contributed by atoms with Crippen molar-refractivity contribution in [3.05, 3.63) is 46.1 Å². The molecule has 6 heteroatoms. The fraction of sp³-hybridized carbons (Fsp3) is 0.312. The lowest BCUT2D eigenvalue weighted by Crippen LogP contribution is -2.16. The lowest BCUT2D eigenvalue weighted by Gasteiger charge is -2.06. The van der Waals surface area contributed by atoms with Crippen LogP contribution in [0.1, 0.15) is 33.4 Å². The molecule has 0 aliphatic heterocycles. The molecule has 2 aromatic rings. The number of carbonyl (C=O) groups is 2. The number of hydrogen-bond acceptors (Lipinski definition) is 5. The Bertz CT molecular complexity index is 677. The van der Waals surface area contributed by atoms with Crippen molar-refractivity contribution >= 4 is 28.2 Å². The number of nitrogens with one attached hydrogen (secondary N) is 1. The van der Waals surface area contributed by atoms with Gasteiger partial charge in [-0.2, -0.15) is 0 Å². The second-order valence-electron chi connectivity index (χ2n) is 4.85. The molecule has 1 N–H and O–H groups in total. The fourth-order valence-corrected chi connectivity index (χ4v) is 2.84. The van der Waals surface area contributed by atoms with Crippen LogP contribution in [0.2, 0.25) is 0 Å². The molecule has 0 saturated heterocycles. The summed E-state index contributed by atoms with van der Waals surface area (Å²) in [4.78, 5) is 29.1. The summed E-state index contributed by atoms with van der Waals surface area (Å²) in [6.07, 6.45) is 1.90. The predicted molar refractivity (Wildman–Crippen MR) is 86.3 cm³/mol. The van der Waals surface area contributed by atoms with Crippen LogP contribution in [0.5, 0.6) is 0 Å². The molecule has 0 radical (unpaired) electrons. The molecule has 0 unspecified atom stereocenters. The van der Waals surface area contributed by atoms with Gasteiger partial charge in [-0.1, -0.05) is 6.07 Å². The molecule has 0 saturated carbocycles. The van der Waals surface area contributed by atoms with E-state index in [-0.39, 0.29) is 12.3 Å². The van der Waals surface area contributed by atoms with Crippen molar-refractivity contribution in [2.75, 3.05) is 11.9 Å². The SMILES string of the molecule is CCOC(=O)c1cc(C)sc1NC(=O)Cc1ccc(C)nc1. The highest BCUT2D eigenvalue weighted by Gasteiger charge is 2.18. The third kappa shape index (κ3) is 4.14. The lowest BCUT2D eigenvalue weighted by atomic mass is 10.2. The standard InChI is InChI=1S/C16H18N2O3S/c1-4-21-16(20)13-7-11(3)22-15(13)18-14(19)8-12-6-5-10(2)17-9-12/h5-7,9H,4,8H2,1-3H3,(H,18,19). The van der Waals surface area contributed by atoms with Crippen molar-refractivity contribution in [2.45, 2.75) is 27.2 Å². The third-order valence-corrected chi connectivity index (χ3v) is 3.91. The number of aromatic nitrogens is 1. The van der Waals surface area contributed by atoms with E-state index in [1.807, 2.05) is 26.0 Å². The summed E-state index contributed by atoms with van der Waals surface area (Å²) in [5.41, 5.74) is 2.14. The highest BCUT2D eigenvalue weighted by molar-refractivity contribution is 7.16. The molecule has 5 nitrogen and oxygen atoms in total. The summed E-state index contributed by atoms with van der Waals surface area (Å²) >= 11 is 1.36. The van der Waals surface area contributed by atoms with Crippen LogP contribution in [0, 0.1) is 13.8 Å². The highest BCUT2D eigenvalue weighted by atomic mass is 32.1. The first kappa shape index (κ1) is 16.2. The third-order valence-electron chi connectivity index (χ3n) is 2.94. The number of hydrogen-bond donors (Lipinski definition) is 1. The van der Waals surface area contributed by atoms with Crippen molar-refractivity contribution in [3.63, 3.8) is 0 Å². The first-order chi connectivity index (χ1) is 10.5. The van der Waals surface area contributed by atoms with Crippen LogP contribution in [0.4, 0.5) is 5.00 Å². The second kappa shape index (κ2) is 7.17. The van der Waals surface area contributed by atoms with Gasteiger partial charge in [0.25, 0.3) is 0 Å². The Morgan fingerprint density at radius 3 is 2.73 bits per heavy atom. The molecular weight excluding hydrogens is 300 g/mol. The van der Waals surface area contributed by atoms with Crippen molar-refractivity contribution in [3.8, 4) is 0 Å². The Hall–Kier alpha value is -2.21. The smallest absolute Gasteiger partial charge is 0.341 e. The van der Waals surface area contributed by atoms with Gasteiger partial charge in [-0.3, -0.25) is 9.78 Å². The summed E-state index contributed by atoms with van der Waals surface area (Å²) in [6.45, 7) is 5.83. The minimum absolute atomic E-state index is 0.182. The van der Waals surface area contributed by atoms with E-state index >= 15 is 0 Å². The molecule has 0 fully saturated rings. The van der Waals surface area contributed by atoms with Crippen molar-refractivity contribution in [1.82, 2.24) is 4.98 Å². The van der Waals surface area contributed by atoms with Crippen LogP contribution in [0.15, 0.2) is 24.4 Å². The van der Waals surface area contributed by atoms with E-state index < -0.39 is 5.97 Å². The van der Waals surface area contributed by atoms with E-state index in [2.05, 4.69) is 10.3 Å². The van der Waals surface area contributed by atoms with Crippen LogP contribution >= 0.6 is 11.3 Å². The molecule has 2 rings (SSSR count). The zero-order chi connectivity index (χ0) is 16.1. The zero-order valence-corrected chi connectivity index (χ0v) is 13.6. The maximum absolute atomic E-state index is 12.1. The van der Waals surface area contributed by atoms with Crippen LogP contribution in [0.3, 0.4) is 0 Å². The van der Waals surface area contributed by atoms with E-state index in [0.29, 0.717) is 17.2 Å². The average Bonchev–Trinajstić information content (AvgIpc) is 2.82. The average molecular weight is 318 g/mol. The van der Waals surface area contributed by atoms with Crippen molar-refractivity contribution in [2.24, 2.45) is 0 Å². The van der Waals surface area contributed by atoms with Gasteiger partial charge in [-0.25, -0.2) is 4.79 Å². The fourth-order valence-electron chi connectivity index (χ4n) is 1.93. The molecular formula is C16H18N2O3S. The number of ether oxygens (including phenoxy) is 1. The Kier molecular flexibility index (Phi) is 5.27. The summed E-state index contributed by atoms with van der Waals surface area (Å²) in [5, 5.41) is 3.31. The van der Waals surface area contributed by atoms with Crippen LogP contribution in [-0.4, -0.2) is 23.5 Å². The maximum Gasteiger partial charge on any atom is 0.341 e. The second-order valence-corrected chi connectivity index (χ2v) is 6.11. The molecule has 0 aliphatic carbocycles. The van der Waals surface area contributed by atoms with E-state index in [9.17, 15) is 9.59 Å². The Labute approximate surface area is 133 Å². The van der Waals surface area contributed by atoms with E-state index in [1.165, 1.54) is 11.3 Å². The van der Waals surface area contributed by atoms with E-state index in [0.717, 1.165) is 16.1 Å². The van der Waals surface area contributed by atoms with Crippen LogP contribution < -0.4 is 5.32 Å². The largest absolute Gasteiger partial charge is 0.462 e. The van der Waals surface area contributed by atoms with E-state index in [4.69, 9.17) is 4.74 Å². The minimum atomic E-state index is -0.417. The number of thiophene rings is 1. The number of anilines is 1. The predicted octanol–water partition coefficient (Wildman–Crippen LogP) is 3.12. The number of amides is 1. The summed E-state index contributed by atoms with van der Waals surface area (Å²) < 4.78 is 5.00. The normalized spacial score (nSPS) is 10.3. The lowest BCUT2D eigenvalue weighted by molar-refractivity contribution is -0.115. The van der Waals surface area contributed by atoms with E-state index in [1.54, 1.807) is 19.2 Å². The number of esters is 1. The number of aryl methyl sites for hydroxylation is 2. The van der Waals surface area contributed by atoms with Gasteiger partial charge in [0, 0.05) is 16.8 Å². The maximum atomic E-state index is 12.1. The molecule has 0 spiro atoms. The van der Waals surface area contributed by atoms with Gasteiger partial charge in [0.2, 0.25) is 5.91 Å². The molecule has 116 valence electrons. The zero-order valence-electron chi connectivity index (χ0n) is 12.8. The van der Waals surface area contributed by atoms with Crippen molar-refractivity contribution in [1.29, 1.82) is 0 Å². The van der Waals surface area contributed by atoms with Gasteiger partial charge in [0.15, 0.2) is 0 Å². The molecule has 0 atom stereocenters. The Morgan fingerprint density at radius 2 is 2.09 bits per heavy atom. The Morgan fingerprint density at radius 1 is 1.32 bits per heavy atom. The highest BCUT2D eigenvalue weighted by Crippen LogP contribution is 2.28. The summed E-state index contributed by atoms with van der Waals surface area (Å²) in [5.74, 6) is -0.600. The topological polar surface area (TPSA) is 68.3 Å². The number of nitrogens with zero attached hydrogens (tertiary/aromatic N) is 1. The molecule has 2 heterocycles. The van der Waals surface area contributed by atoms with Crippen molar-refractivity contribution < 1.29 is 14.3 Å².